The molecule has 0 saturated carbocycles. The van der Waals surface area contributed by atoms with E-state index in [0.717, 1.165) is 17.9 Å². The molecule has 0 fully saturated rings. The van der Waals surface area contributed by atoms with Gasteiger partial charge in [-0.25, -0.2) is 4.79 Å². The molecule has 4 heteroatoms. The first kappa shape index (κ1) is 14.2. The van der Waals surface area contributed by atoms with Gasteiger partial charge in [-0.2, -0.15) is 0 Å². The second-order valence-electron chi connectivity index (χ2n) is 4.83. The highest BCUT2D eigenvalue weighted by Gasteiger charge is 2.12. The molecule has 1 aromatic heterocycles. The molecule has 0 aliphatic rings. The first-order valence-electron chi connectivity index (χ1n) is 6.03. The number of nitrogens with one attached hydrogen (secondary N) is 1. The Balaban J connectivity index is 2.39. The maximum atomic E-state index is 10.9. The standard InChI is InChI=1S/C13H21NO2S/c1-9(2)4-5-10(3)14-8-11-6-7-17-12(11)13(15)16/h6-7,9-10,14H,4-5,8H2,1-3H3,(H,15,16). The van der Waals surface area contributed by atoms with Crippen LogP contribution < -0.4 is 5.32 Å². The lowest BCUT2D eigenvalue weighted by Crippen LogP contribution is -2.26. The van der Waals surface area contributed by atoms with Gasteiger partial charge in [-0.3, -0.25) is 0 Å². The fourth-order valence-electron chi connectivity index (χ4n) is 1.63. The maximum absolute atomic E-state index is 10.9. The number of hydrogen-bond donors (Lipinski definition) is 2. The van der Waals surface area contributed by atoms with Crippen molar-refractivity contribution in [3.8, 4) is 0 Å². The summed E-state index contributed by atoms with van der Waals surface area (Å²) in [7, 11) is 0. The third kappa shape index (κ3) is 4.88. The van der Waals surface area contributed by atoms with Crippen LogP contribution in [-0.2, 0) is 6.54 Å². The third-order valence-corrected chi connectivity index (χ3v) is 3.70. The highest BCUT2D eigenvalue weighted by atomic mass is 32.1. The summed E-state index contributed by atoms with van der Waals surface area (Å²) < 4.78 is 0. The molecule has 2 N–H and O–H groups in total. The predicted molar refractivity (Wildman–Crippen MR) is 71.7 cm³/mol. The molecule has 0 aliphatic carbocycles. The van der Waals surface area contributed by atoms with E-state index in [1.54, 1.807) is 0 Å². The topological polar surface area (TPSA) is 49.3 Å². The van der Waals surface area contributed by atoms with Gasteiger partial charge in [0.15, 0.2) is 0 Å². The van der Waals surface area contributed by atoms with Crippen molar-refractivity contribution in [1.82, 2.24) is 5.32 Å². The van der Waals surface area contributed by atoms with E-state index in [0.29, 0.717) is 17.5 Å². The number of carboxylic acids is 1. The smallest absolute Gasteiger partial charge is 0.346 e. The van der Waals surface area contributed by atoms with Crippen molar-refractivity contribution >= 4 is 17.3 Å². The van der Waals surface area contributed by atoms with Crippen LogP contribution in [0.15, 0.2) is 11.4 Å². The molecule has 0 radical (unpaired) electrons. The molecular formula is C13H21NO2S. The van der Waals surface area contributed by atoms with E-state index < -0.39 is 5.97 Å². The van der Waals surface area contributed by atoms with Crippen molar-refractivity contribution in [2.75, 3.05) is 0 Å². The monoisotopic (exact) mass is 255 g/mol. The van der Waals surface area contributed by atoms with Gasteiger partial charge >= 0.3 is 5.97 Å². The van der Waals surface area contributed by atoms with Gasteiger partial charge in [-0.1, -0.05) is 13.8 Å². The second kappa shape index (κ2) is 6.77. The molecule has 17 heavy (non-hydrogen) atoms. The van der Waals surface area contributed by atoms with Crippen LogP contribution in [-0.4, -0.2) is 17.1 Å². The SMILES string of the molecule is CC(C)CCC(C)NCc1ccsc1C(=O)O. The van der Waals surface area contributed by atoms with Crippen LogP contribution in [0.1, 0.15) is 48.8 Å². The third-order valence-electron chi connectivity index (χ3n) is 2.76. The molecule has 1 atom stereocenters. The van der Waals surface area contributed by atoms with E-state index in [1.165, 1.54) is 17.8 Å². The molecule has 1 rings (SSSR count). The Labute approximate surface area is 107 Å². The fraction of sp³-hybridized carbons (Fsp3) is 0.615. The number of carboxylic acid groups (broad SMARTS) is 1. The molecule has 1 heterocycles. The van der Waals surface area contributed by atoms with Crippen LogP contribution in [0.4, 0.5) is 0 Å². The van der Waals surface area contributed by atoms with Crippen LogP contribution in [0.2, 0.25) is 0 Å². The summed E-state index contributed by atoms with van der Waals surface area (Å²) in [4.78, 5) is 11.4. The Morgan fingerprint density at radius 1 is 1.41 bits per heavy atom. The molecule has 0 bridgehead atoms. The number of aromatic carboxylic acids is 1. The van der Waals surface area contributed by atoms with E-state index in [2.05, 4.69) is 26.1 Å². The van der Waals surface area contributed by atoms with E-state index in [1.807, 2.05) is 11.4 Å². The van der Waals surface area contributed by atoms with Crippen molar-refractivity contribution in [3.63, 3.8) is 0 Å². The zero-order valence-corrected chi connectivity index (χ0v) is 11.5. The Kier molecular flexibility index (Phi) is 5.65. The Hall–Kier alpha value is -0.870. The van der Waals surface area contributed by atoms with Crippen molar-refractivity contribution < 1.29 is 9.90 Å². The first-order chi connectivity index (χ1) is 8.00. The summed E-state index contributed by atoms with van der Waals surface area (Å²) in [6.07, 6.45) is 2.33. The minimum atomic E-state index is -0.827. The number of hydrogen-bond acceptors (Lipinski definition) is 3. The molecular weight excluding hydrogens is 234 g/mol. The van der Waals surface area contributed by atoms with Gasteiger partial charge in [-0.05, 0) is 42.7 Å². The van der Waals surface area contributed by atoms with E-state index in [4.69, 9.17) is 5.11 Å². The van der Waals surface area contributed by atoms with Gasteiger partial charge < -0.3 is 10.4 Å². The highest BCUT2D eigenvalue weighted by molar-refractivity contribution is 7.12. The Morgan fingerprint density at radius 3 is 2.71 bits per heavy atom. The van der Waals surface area contributed by atoms with Crippen LogP contribution >= 0.6 is 11.3 Å². The molecule has 3 nitrogen and oxygen atoms in total. The van der Waals surface area contributed by atoms with Crippen molar-refractivity contribution in [3.05, 3.63) is 21.9 Å². The molecule has 1 unspecified atom stereocenters. The highest BCUT2D eigenvalue weighted by Crippen LogP contribution is 2.17. The predicted octanol–water partition coefficient (Wildman–Crippen LogP) is 3.36. The van der Waals surface area contributed by atoms with Crippen LogP contribution in [0.3, 0.4) is 0 Å². The first-order valence-corrected chi connectivity index (χ1v) is 6.91. The lowest BCUT2D eigenvalue weighted by molar-refractivity contribution is 0.0701. The summed E-state index contributed by atoms with van der Waals surface area (Å²) in [5.74, 6) is -0.110. The zero-order chi connectivity index (χ0) is 12.8. The average molecular weight is 255 g/mol. The quantitative estimate of drug-likeness (QED) is 0.785. The normalized spacial score (nSPS) is 12.9. The zero-order valence-electron chi connectivity index (χ0n) is 10.7. The number of thiophene rings is 1. The number of carbonyl (C=O) groups is 1. The van der Waals surface area contributed by atoms with Gasteiger partial charge in [0.05, 0.1) is 0 Å². The molecule has 0 spiro atoms. The van der Waals surface area contributed by atoms with Crippen LogP contribution in [0.25, 0.3) is 0 Å². The molecule has 0 aliphatic heterocycles. The van der Waals surface area contributed by atoms with E-state index >= 15 is 0 Å². The second-order valence-corrected chi connectivity index (χ2v) is 5.75. The Morgan fingerprint density at radius 2 is 2.12 bits per heavy atom. The van der Waals surface area contributed by atoms with Gasteiger partial charge in [0.2, 0.25) is 0 Å². The molecule has 0 aromatic carbocycles. The lowest BCUT2D eigenvalue weighted by atomic mass is 10.0. The maximum Gasteiger partial charge on any atom is 0.346 e. The van der Waals surface area contributed by atoms with Crippen molar-refractivity contribution in [2.24, 2.45) is 5.92 Å². The van der Waals surface area contributed by atoms with Crippen LogP contribution in [0.5, 0.6) is 0 Å². The van der Waals surface area contributed by atoms with Crippen LogP contribution in [0, 0.1) is 5.92 Å². The van der Waals surface area contributed by atoms with Gasteiger partial charge in [0.25, 0.3) is 0 Å². The lowest BCUT2D eigenvalue weighted by Gasteiger charge is -2.14. The number of rotatable bonds is 7. The summed E-state index contributed by atoms with van der Waals surface area (Å²) in [5.41, 5.74) is 0.888. The van der Waals surface area contributed by atoms with Gasteiger partial charge in [0, 0.05) is 12.6 Å². The minimum Gasteiger partial charge on any atom is -0.477 e. The Bertz CT molecular complexity index is 360. The molecule has 0 amide bonds. The molecule has 1 aromatic rings. The summed E-state index contributed by atoms with van der Waals surface area (Å²) in [5, 5.41) is 14.2. The summed E-state index contributed by atoms with van der Waals surface area (Å²) in [6, 6.07) is 2.31. The fourth-order valence-corrected chi connectivity index (χ4v) is 2.39. The average Bonchev–Trinajstić information content (AvgIpc) is 2.71. The summed E-state index contributed by atoms with van der Waals surface area (Å²) >= 11 is 1.29. The largest absolute Gasteiger partial charge is 0.477 e. The van der Waals surface area contributed by atoms with Crippen molar-refractivity contribution in [1.29, 1.82) is 0 Å². The van der Waals surface area contributed by atoms with E-state index in [9.17, 15) is 4.79 Å². The van der Waals surface area contributed by atoms with E-state index in [-0.39, 0.29) is 0 Å². The molecule has 0 saturated heterocycles. The van der Waals surface area contributed by atoms with Gasteiger partial charge in [0.1, 0.15) is 4.88 Å². The summed E-state index contributed by atoms with van der Waals surface area (Å²) in [6.45, 7) is 7.22. The minimum absolute atomic E-state index is 0.430. The van der Waals surface area contributed by atoms with Crippen molar-refractivity contribution in [2.45, 2.75) is 46.2 Å². The van der Waals surface area contributed by atoms with Gasteiger partial charge in [-0.15, -0.1) is 11.3 Å². The molecule has 96 valence electrons.